The molecule has 0 spiro atoms. The van der Waals surface area contributed by atoms with Crippen molar-refractivity contribution in [1.82, 2.24) is 4.90 Å². The Bertz CT molecular complexity index is 647. The van der Waals surface area contributed by atoms with E-state index in [1.165, 1.54) is 12.1 Å². The van der Waals surface area contributed by atoms with Gasteiger partial charge in [-0.3, -0.25) is 24.6 Å². The number of amides is 1. The number of aryl methyl sites for hydroxylation is 1. The maximum absolute atomic E-state index is 12.1. The fourth-order valence-corrected chi connectivity index (χ4v) is 2.85. The van der Waals surface area contributed by atoms with Crippen LogP contribution in [0.25, 0.3) is 0 Å². The van der Waals surface area contributed by atoms with Gasteiger partial charge in [-0.2, -0.15) is 0 Å². The van der Waals surface area contributed by atoms with Gasteiger partial charge in [-0.25, -0.2) is 0 Å². The number of rotatable bonds is 6. The fourth-order valence-electron chi connectivity index (χ4n) is 2.85. The number of carbonyl (C=O) groups is 2. The lowest BCUT2D eigenvalue weighted by atomic mass is 10.0. The number of likely N-dealkylation sites (tertiary alicyclic amines) is 1. The summed E-state index contributed by atoms with van der Waals surface area (Å²) in [5.41, 5.74) is 1.05. The van der Waals surface area contributed by atoms with Crippen LogP contribution >= 0.6 is 0 Å². The second-order valence-corrected chi connectivity index (χ2v) is 5.94. The van der Waals surface area contributed by atoms with Gasteiger partial charge in [0, 0.05) is 25.1 Å². The zero-order valence-corrected chi connectivity index (χ0v) is 13.5. The normalized spacial score (nSPS) is 18.1. The Hall–Kier alpha value is -2.48. The molecule has 1 aliphatic heterocycles. The lowest BCUT2D eigenvalue weighted by Gasteiger charge is -2.32. The van der Waals surface area contributed by atoms with Crippen LogP contribution in [0.2, 0.25) is 0 Å². The van der Waals surface area contributed by atoms with Crippen LogP contribution in [0.5, 0.6) is 0 Å². The highest BCUT2D eigenvalue weighted by atomic mass is 16.6. The minimum absolute atomic E-state index is 0.0853. The maximum atomic E-state index is 12.1. The summed E-state index contributed by atoms with van der Waals surface area (Å²) < 4.78 is 0. The summed E-state index contributed by atoms with van der Waals surface area (Å²) in [4.78, 5) is 35.5. The van der Waals surface area contributed by atoms with Crippen molar-refractivity contribution in [2.24, 2.45) is 0 Å². The predicted molar refractivity (Wildman–Crippen MR) is 87.9 cm³/mol. The number of nitro benzene ring substituents is 1. The number of carboxylic acid groups (broad SMARTS) is 1. The van der Waals surface area contributed by atoms with E-state index in [4.69, 9.17) is 0 Å². The highest BCUT2D eigenvalue weighted by molar-refractivity contribution is 5.92. The van der Waals surface area contributed by atoms with Gasteiger partial charge < -0.3 is 10.4 Å². The molecule has 0 aromatic heterocycles. The molecule has 2 rings (SSSR count). The Morgan fingerprint density at radius 3 is 2.83 bits per heavy atom. The maximum Gasteiger partial charge on any atom is 0.320 e. The molecule has 1 fully saturated rings. The minimum Gasteiger partial charge on any atom is -0.480 e. The van der Waals surface area contributed by atoms with E-state index >= 15 is 0 Å². The average molecular weight is 335 g/mol. The highest BCUT2D eigenvalue weighted by Crippen LogP contribution is 2.22. The summed E-state index contributed by atoms with van der Waals surface area (Å²) in [6, 6.07) is 3.76. The van der Waals surface area contributed by atoms with Crippen molar-refractivity contribution < 1.29 is 19.6 Å². The van der Waals surface area contributed by atoms with Crippen molar-refractivity contribution in [3.05, 3.63) is 33.9 Å². The molecule has 2 N–H and O–H groups in total. The topological polar surface area (TPSA) is 113 Å². The van der Waals surface area contributed by atoms with Crippen molar-refractivity contribution in [3.8, 4) is 0 Å². The molecule has 1 aliphatic rings. The van der Waals surface area contributed by atoms with Crippen LogP contribution in [0.3, 0.4) is 0 Å². The summed E-state index contributed by atoms with van der Waals surface area (Å²) in [5, 5.41) is 22.7. The Kier molecular flexibility index (Phi) is 5.86. The van der Waals surface area contributed by atoms with E-state index in [1.54, 1.807) is 13.0 Å². The summed E-state index contributed by atoms with van der Waals surface area (Å²) >= 11 is 0. The van der Waals surface area contributed by atoms with Crippen molar-refractivity contribution >= 4 is 23.3 Å². The molecule has 0 aliphatic carbocycles. The number of non-ortho nitro benzene ring substituents is 1. The molecule has 8 nitrogen and oxygen atoms in total. The van der Waals surface area contributed by atoms with Gasteiger partial charge in [0.1, 0.15) is 6.04 Å². The average Bonchev–Trinajstić information content (AvgIpc) is 2.55. The summed E-state index contributed by atoms with van der Waals surface area (Å²) in [6.07, 6.45) is 2.55. The van der Waals surface area contributed by atoms with Gasteiger partial charge in [0.05, 0.1) is 10.6 Å². The van der Waals surface area contributed by atoms with Gasteiger partial charge in [-0.1, -0.05) is 12.5 Å². The van der Waals surface area contributed by atoms with Gasteiger partial charge >= 0.3 is 5.97 Å². The number of nitro groups is 1. The molecule has 130 valence electrons. The molecular formula is C16H21N3O5. The van der Waals surface area contributed by atoms with E-state index in [1.807, 2.05) is 4.90 Å². The first-order chi connectivity index (χ1) is 11.4. The predicted octanol–water partition coefficient (Wildman–Crippen LogP) is 2.17. The van der Waals surface area contributed by atoms with Crippen LogP contribution in [-0.2, 0) is 9.59 Å². The number of piperidine rings is 1. The highest BCUT2D eigenvalue weighted by Gasteiger charge is 2.28. The Morgan fingerprint density at radius 1 is 1.42 bits per heavy atom. The third-order valence-electron chi connectivity index (χ3n) is 4.23. The quantitative estimate of drug-likeness (QED) is 0.608. The minimum atomic E-state index is -0.857. The van der Waals surface area contributed by atoms with Gasteiger partial charge in [0.2, 0.25) is 5.91 Å². The van der Waals surface area contributed by atoms with E-state index in [-0.39, 0.29) is 18.0 Å². The largest absolute Gasteiger partial charge is 0.480 e. The summed E-state index contributed by atoms with van der Waals surface area (Å²) in [7, 11) is 0. The molecule has 1 aromatic rings. The van der Waals surface area contributed by atoms with E-state index in [2.05, 4.69) is 5.32 Å². The molecule has 1 heterocycles. The number of anilines is 1. The lowest BCUT2D eigenvalue weighted by molar-refractivity contribution is -0.384. The van der Waals surface area contributed by atoms with Crippen LogP contribution in [0.1, 0.15) is 31.2 Å². The molecule has 1 atom stereocenters. The van der Waals surface area contributed by atoms with Crippen molar-refractivity contribution in [2.75, 3.05) is 18.4 Å². The Labute approximate surface area is 139 Å². The number of nitrogens with zero attached hydrogens (tertiary/aromatic N) is 2. The third-order valence-corrected chi connectivity index (χ3v) is 4.23. The van der Waals surface area contributed by atoms with Crippen molar-refractivity contribution in [1.29, 1.82) is 0 Å². The Morgan fingerprint density at radius 2 is 2.17 bits per heavy atom. The van der Waals surface area contributed by atoms with Crippen molar-refractivity contribution in [2.45, 2.75) is 38.6 Å². The number of carbonyl (C=O) groups excluding carboxylic acids is 1. The fraction of sp³-hybridized carbons (Fsp3) is 0.500. The first-order valence-electron chi connectivity index (χ1n) is 7.90. The smallest absolute Gasteiger partial charge is 0.320 e. The monoisotopic (exact) mass is 335 g/mol. The van der Waals surface area contributed by atoms with Crippen LogP contribution in [0.15, 0.2) is 18.2 Å². The zero-order valence-electron chi connectivity index (χ0n) is 13.5. The number of hydrogen-bond acceptors (Lipinski definition) is 5. The van der Waals surface area contributed by atoms with Crippen molar-refractivity contribution in [3.63, 3.8) is 0 Å². The standard InChI is InChI=1S/C16H21N3O5/c1-11-5-6-12(19(23)24)10-13(11)17-15(20)7-9-18-8-3-2-4-14(18)16(21)22/h5-6,10,14H,2-4,7-9H2,1H3,(H,17,20)(H,21,22). The number of hydrogen-bond donors (Lipinski definition) is 2. The molecule has 24 heavy (non-hydrogen) atoms. The number of aliphatic carboxylic acids is 1. The number of carboxylic acids is 1. The second-order valence-electron chi connectivity index (χ2n) is 5.94. The number of nitrogens with one attached hydrogen (secondary N) is 1. The number of benzene rings is 1. The summed E-state index contributed by atoms with van der Waals surface area (Å²) in [5.74, 6) is -1.14. The van der Waals surface area contributed by atoms with Crippen LogP contribution in [-0.4, -0.2) is 45.9 Å². The molecule has 1 aromatic carbocycles. The van der Waals surface area contributed by atoms with Gasteiger partial charge in [-0.05, 0) is 31.9 Å². The van der Waals surface area contributed by atoms with E-state index in [0.29, 0.717) is 25.2 Å². The molecule has 0 saturated carbocycles. The van der Waals surface area contributed by atoms with Crippen LogP contribution in [0, 0.1) is 17.0 Å². The van der Waals surface area contributed by atoms with Gasteiger partial charge in [0.15, 0.2) is 0 Å². The zero-order chi connectivity index (χ0) is 17.7. The SMILES string of the molecule is Cc1ccc([N+](=O)[O-])cc1NC(=O)CCN1CCCCC1C(=O)O. The second kappa shape index (κ2) is 7.87. The Balaban J connectivity index is 1.95. The third kappa shape index (κ3) is 4.51. The molecule has 1 saturated heterocycles. The molecular weight excluding hydrogens is 314 g/mol. The first kappa shape index (κ1) is 17.9. The van der Waals surface area contributed by atoms with Gasteiger partial charge in [0.25, 0.3) is 5.69 Å². The van der Waals surface area contributed by atoms with Crippen LogP contribution < -0.4 is 5.32 Å². The lowest BCUT2D eigenvalue weighted by Crippen LogP contribution is -2.45. The molecule has 1 amide bonds. The van der Waals surface area contributed by atoms with E-state index in [9.17, 15) is 24.8 Å². The van der Waals surface area contributed by atoms with E-state index in [0.717, 1.165) is 18.4 Å². The van der Waals surface area contributed by atoms with Gasteiger partial charge in [-0.15, -0.1) is 0 Å². The van der Waals surface area contributed by atoms with Crippen LogP contribution in [0.4, 0.5) is 11.4 Å². The van der Waals surface area contributed by atoms with E-state index < -0.39 is 16.9 Å². The molecule has 8 heteroatoms. The first-order valence-corrected chi connectivity index (χ1v) is 7.90. The molecule has 0 radical (unpaired) electrons. The summed E-state index contributed by atoms with van der Waals surface area (Å²) in [6.45, 7) is 2.78. The molecule has 1 unspecified atom stereocenters. The molecule has 0 bridgehead atoms.